The van der Waals surface area contributed by atoms with E-state index in [0.717, 1.165) is 38.6 Å². The molecule has 3 aliphatic rings. The van der Waals surface area contributed by atoms with Gasteiger partial charge in [-0.1, -0.05) is 49.6 Å². The zero-order valence-corrected chi connectivity index (χ0v) is 17.5. The number of nitrogens with one attached hydrogen (secondary N) is 1. The van der Waals surface area contributed by atoms with Gasteiger partial charge in [0.25, 0.3) is 0 Å². The van der Waals surface area contributed by atoms with E-state index < -0.39 is 0 Å². The minimum atomic E-state index is -0.310. The van der Waals surface area contributed by atoms with Gasteiger partial charge >= 0.3 is 0 Å². The second-order valence-corrected chi connectivity index (χ2v) is 9.35. The van der Waals surface area contributed by atoms with Crippen LogP contribution in [0.15, 0.2) is 30.3 Å². The molecule has 2 heterocycles. The zero-order chi connectivity index (χ0) is 19.4. The zero-order valence-electron chi connectivity index (χ0n) is 17.5. The summed E-state index contributed by atoms with van der Waals surface area (Å²) in [5.41, 5.74) is 0.908. The van der Waals surface area contributed by atoms with E-state index in [9.17, 15) is 4.79 Å². The number of rotatable bonds is 4. The lowest BCUT2D eigenvalue weighted by Crippen LogP contribution is -2.56. The highest BCUT2D eigenvalue weighted by Gasteiger charge is 2.42. The summed E-state index contributed by atoms with van der Waals surface area (Å²) in [6.45, 7) is 4.64. The van der Waals surface area contributed by atoms with Crippen molar-refractivity contribution in [3.05, 3.63) is 35.9 Å². The summed E-state index contributed by atoms with van der Waals surface area (Å²) < 4.78 is 0. The van der Waals surface area contributed by atoms with Crippen LogP contribution >= 0.6 is 0 Å². The van der Waals surface area contributed by atoms with E-state index in [1.807, 2.05) is 0 Å². The summed E-state index contributed by atoms with van der Waals surface area (Å²) in [5, 5.41) is 3.51. The van der Waals surface area contributed by atoms with Crippen LogP contribution in [0.5, 0.6) is 0 Å². The quantitative estimate of drug-likeness (QED) is 0.863. The number of benzene rings is 1. The number of nitrogens with zero attached hydrogens (tertiary/aromatic N) is 2. The Labute approximate surface area is 170 Å². The third kappa shape index (κ3) is 4.28. The van der Waals surface area contributed by atoms with Gasteiger partial charge in [-0.25, -0.2) is 0 Å². The van der Waals surface area contributed by atoms with E-state index in [2.05, 4.69) is 52.5 Å². The molecule has 154 valence electrons. The van der Waals surface area contributed by atoms with Gasteiger partial charge in [-0.2, -0.15) is 0 Å². The second kappa shape index (κ2) is 8.96. The summed E-state index contributed by atoms with van der Waals surface area (Å²) in [6, 6.07) is 11.6. The van der Waals surface area contributed by atoms with Crippen LogP contribution in [0.1, 0.15) is 63.4 Å². The Hall–Kier alpha value is -1.39. The summed E-state index contributed by atoms with van der Waals surface area (Å²) >= 11 is 0. The Kier molecular flexibility index (Phi) is 6.37. The lowest BCUT2D eigenvalue weighted by atomic mass is 9.68. The van der Waals surface area contributed by atoms with Crippen LogP contribution in [0.3, 0.4) is 0 Å². The third-order valence-corrected chi connectivity index (χ3v) is 7.46. The highest BCUT2D eigenvalue weighted by molar-refractivity contribution is 5.88. The average Bonchev–Trinajstić information content (AvgIpc) is 2.75. The maximum atomic E-state index is 13.6. The molecular formula is C24H37N3O. The molecule has 0 spiro atoms. The van der Waals surface area contributed by atoms with Gasteiger partial charge < -0.3 is 10.2 Å². The van der Waals surface area contributed by atoms with Crippen molar-refractivity contribution in [1.29, 1.82) is 0 Å². The Balaban J connectivity index is 1.42. The van der Waals surface area contributed by atoms with Gasteiger partial charge in [-0.15, -0.1) is 0 Å². The first-order valence-electron chi connectivity index (χ1n) is 11.5. The van der Waals surface area contributed by atoms with E-state index in [1.165, 1.54) is 50.9 Å². The van der Waals surface area contributed by atoms with Crippen LogP contribution in [-0.4, -0.2) is 61.0 Å². The Bertz CT molecular complexity index is 633. The number of hydrogen-bond acceptors (Lipinski definition) is 3. The monoisotopic (exact) mass is 383 g/mol. The first-order valence-corrected chi connectivity index (χ1v) is 11.5. The second-order valence-electron chi connectivity index (χ2n) is 9.35. The van der Waals surface area contributed by atoms with E-state index >= 15 is 0 Å². The SMILES string of the molecule is CN1CCC(N2CCC[C@@H](NC(=O)C3(c4ccccc4)CCCCC3)C2)CC1. The number of carbonyl (C=O) groups excluding carboxylic acids is 1. The molecule has 2 aliphatic heterocycles. The maximum Gasteiger partial charge on any atom is 0.230 e. The van der Waals surface area contributed by atoms with Crippen LogP contribution in [0.25, 0.3) is 0 Å². The van der Waals surface area contributed by atoms with Crippen molar-refractivity contribution in [3.8, 4) is 0 Å². The summed E-state index contributed by atoms with van der Waals surface area (Å²) in [4.78, 5) is 18.7. The van der Waals surface area contributed by atoms with Crippen LogP contribution in [0, 0.1) is 0 Å². The topological polar surface area (TPSA) is 35.6 Å². The summed E-state index contributed by atoms with van der Waals surface area (Å²) in [6.07, 6.45) is 10.4. The van der Waals surface area contributed by atoms with Crippen molar-refractivity contribution in [2.45, 2.75) is 75.3 Å². The molecule has 2 saturated heterocycles. The van der Waals surface area contributed by atoms with Crippen molar-refractivity contribution >= 4 is 5.91 Å². The molecule has 1 saturated carbocycles. The minimum Gasteiger partial charge on any atom is -0.351 e. The first-order chi connectivity index (χ1) is 13.7. The molecule has 1 atom stereocenters. The normalized spacial score (nSPS) is 27.4. The predicted octanol–water partition coefficient (Wildman–Crippen LogP) is 3.56. The highest BCUT2D eigenvalue weighted by Crippen LogP contribution is 2.40. The number of piperidine rings is 2. The van der Waals surface area contributed by atoms with Gasteiger partial charge in [-0.05, 0) is 70.8 Å². The Morgan fingerprint density at radius 3 is 2.39 bits per heavy atom. The predicted molar refractivity (Wildman–Crippen MR) is 114 cm³/mol. The molecule has 4 rings (SSSR count). The minimum absolute atomic E-state index is 0.286. The van der Waals surface area contributed by atoms with Gasteiger partial charge in [0, 0.05) is 18.6 Å². The van der Waals surface area contributed by atoms with Crippen LogP contribution in [0.2, 0.25) is 0 Å². The first kappa shape index (κ1) is 19.9. The smallest absolute Gasteiger partial charge is 0.230 e. The fraction of sp³-hybridized carbons (Fsp3) is 0.708. The standard InChI is InChI=1S/C24H37N3O/c1-26-17-12-22(13-18-26)27-16-8-11-21(19-27)25-23(28)24(14-6-3-7-15-24)20-9-4-2-5-10-20/h2,4-5,9-10,21-22H,3,6-8,11-19H2,1H3,(H,25,28)/t21-/m1/s1. The van der Waals surface area contributed by atoms with Crippen molar-refractivity contribution < 1.29 is 4.79 Å². The van der Waals surface area contributed by atoms with Crippen molar-refractivity contribution in [2.75, 3.05) is 33.2 Å². The van der Waals surface area contributed by atoms with E-state index in [-0.39, 0.29) is 11.3 Å². The molecule has 0 radical (unpaired) electrons. The molecule has 4 nitrogen and oxygen atoms in total. The summed E-state index contributed by atoms with van der Waals surface area (Å²) in [7, 11) is 2.22. The molecule has 4 heteroatoms. The molecule has 28 heavy (non-hydrogen) atoms. The van der Waals surface area contributed by atoms with Crippen molar-refractivity contribution in [3.63, 3.8) is 0 Å². The highest BCUT2D eigenvalue weighted by atomic mass is 16.2. The van der Waals surface area contributed by atoms with Crippen molar-refractivity contribution in [2.24, 2.45) is 0 Å². The Morgan fingerprint density at radius 1 is 0.964 bits per heavy atom. The van der Waals surface area contributed by atoms with Gasteiger partial charge in [-0.3, -0.25) is 9.69 Å². The number of amides is 1. The van der Waals surface area contributed by atoms with E-state index in [0.29, 0.717) is 12.1 Å². The molecule has 1 aromatic rings. The third-order valence-electron chi connectivity index (χ3n) is 7.46. The summed E-state index contributed by atoms with van der Waals surface area (Å²) in [5.74, 6) is 0.286. The average molecular weight is 384 g/mol. The largest absolute Gasteiger partial charge is 0.351 e. The molecule has 0 bridgehead atoms. The van der Waals surface area contributed by atoms with Crippen LogP contribution in [-0.2, 0) is 10.2 Å². The fourth-order valence-electron chi connectivity index (χ4n) is 5.70. The number of carbonyl (C=O) groups is 1. The van der Waals surface area contributed by atoms with E-state index in [1.54, 1.807) is 0 Å². The fourth-order valence-corrected chi connectivity index (χ4v) is 5.70. The molecule has 1 N–H and O–H groups in total. The van der Waals surface area contributed by atoms with Gasteiger partial charge in [0.2, 0.25) is 5.91 Å². The molecule has 0 unspecified atom stereocenters. The lowest BCUT2D eigenvalue weighted by molar-refractivity contribution is -0.129. The molecule has 1 amide bonds. The Morgan fingerprint density at radius 2 is 1.68 bits per heavy atom. The molecule has 0 aromatic heterocycles. The lowest BCUT2D eigenvalue weighted by Gasteiger charge is -2.43. The van der Waals surface area contributed by atoms with E-state index in [4.69, 9.17) is 0 Å². The number of likely N-dealkylation sites (tertiary alicyclic amines) is 2. The van der Waals surface area contributed by atoms with Crippen molar-refractivity contribution in [1.82, 2.24) is 15.1 Å². The van der Waals surface area contributed by atoms with Gasteiger partial charge in [0.1, 0.15) is 0 Å². The molecular weight excluding hydrogens is 346 g/mol. The van der Waals surface area contributed by atoms with Gasteiger partial charge in [0.05, 0.1) is 5.41 Å². The van der Waals surface area contributed by atoms with Crippen LogP contribution in [0.4, 0.5) is 0 Å². The molecule has 1 aliphatic carbocycles. The van der Waals surface area contributed by atoms with Crippen LogP contribution < -0.4 is 5.32 Å². The number of hydrogen-bond donors (Lipinski definition) is 1. The van der Waals surface area contributed by atoms with Gasteiger partial charge in [0.15, 0.2) is 0 Å². The maximum absolute atomic E-state index is 13.6. The molecule has 1 aromatic carbocycles. The molecule has 3 fully saturated rings.